The number of fused-ring (bicyclic) bond motifs is 1. The van der Waals surface area contributed by atoms with Crippen molar-refractivity contribution in [1.29, 1.82) is 0 Å². The molecule has 11 heavy (non-hydrogen) atoms. The zero-order valence-corrected chi connectivity index (χ0v) is 5.71. The van der Waals surface area contributed by atoms with E-state index in [1.807, 2.05) is 0 Å². The molecule has 2 rings (SSSR count). The van der Waals surface area contributed by atoms with Crippen molar-refractivity contribution >= 4 is 10.9 Å². The number of halogens is 1. The number of rotatable bonds is 0. The van der Waals surface area contributed by atoms with Crippen molar-refractivity contribution in [3.8, 4) is 0 Å². The molecule has 0 aliphatic rings. The summed E-state index contributed by atoms with van der Waals surface area (Å²) in [4.78, 5) is 3.88. The summed E-state index contributed by atoms with van der Waals surface area (Å²) in [5.41, 5.74) is 0.646. The second-order valence-corrected chi connectivity index (χ2v) is 2.25. The molecule has 0 atom stereocenters. The summed E-state index contributed by atoms with van der Waals surface area (Å²) in [6, 6.07) is 8.08. The lowest BCUT2D eigenvalue weighted by atomic mass is 10.2. The monoisotopic (exact) mass is 146 g/mol. The molecule has 0 fully saturated rings. The first-order chi connectivity index (χ1) is 5.38. The zero-order valence-electron chi connectivity index (χ0n) is 5.71. The third-order valence-electron chi connectivity index (χ3n) is 1.54. The van der Waals surface area contributed by atoms with Crippen LogP contribution in [0.15, 0.2) is 30.3 Å². The molecule has 0 saturated heterocycles. The topological polar surface area (TPSA) is 12.9 Å². The maximum Gasteiger partial charge on any atom is 0.132 e. The number of nitrogens with zero attached hydrogens (tertiary/aromatic N) is 1. The normalized spacial score (nSPS) is 10.3. The number of aromatic nitrogens is 1. The van der Waals surface area contributed by atoms with Gasteiger partial charge in [0.05, 0.1) is 11.7 Å². The molecule has 0 spiro atoms. The van der Waals surface area contributed by atoms with E-state index in [1.165, 1.54) is 6.07 Å². The molecular formula is C9H5FN. The molecule has 1 aromatic heterocycles. The van der Waals surface area contributed by atoms with Crippen LogP contribution in [0.5, 0.6) is 0 Å². The Morgan fingerprint density at radius 3 is 3.00 bits per heavy atom. The van der Waals surface area contributed by atoms with Crippen LogP contribution in [0, 0.1) is 12.0 Å². The van der Waals surface area contributed by atoms with E-state index >= 15 is 0 Å². The van der Waals surface area contributed by atoms with Gasteiger partial charge in [0, 0.05) is 5.39 Å². The summed E-state index contributed by atoms with van der Waals surface area (Å²) in [5, 5.41) is 0.547. The second-order valence-electron chi connectivity index (χ2n) is 2.25. The van der Waals surface area contributed by atoms with Gasteiger partial charge >= 0.3 is 0 Å². The lowest BCUT2D eigenvalue weighted by Crippen LogP contribution is -1.80. The Morgan fingerprint density at radius 1 is 1.27 bits per heavy atom. The van der Waals surface area contributed by atoms with Crippen molar-refractivity contribution in [3.63, 3.8) is 0 Å². The molecule has 2 aromatic rings. The van der Waals surface area contributed by atoms with E-state index in [0.717, 1.165) is 0 Å². The fourth-order valence-electron chi connectivity index (χ4n) is 1.02. The third-order valence-corrected chi connectivity index (χ3v) is 1.54. The Hall–Kier alpha value is -1.44. The van der Waals surface area contributed by atoms with Gasteiger partial charge < -0.3 is 0 Å². The van der Waals surface area contributed by atoms with Crippen LogP contribution < -0.4 is 0 Å². The summed E-state index contributed by atoms with van der Waals surface area (Å²) in [5.74, 6) is -0.232. The van der Waals surface area contributed by atoms with E-state index in [-0.39, 0.29) is 5.82 Å². The lowest BCUT2D eigenvalue weighted by Gasteiger charge is -1.94. The fourth-order valence-corrected chi connectivity index (χ4v) is 1.02. The first-order valence-electron chi connectivity index (χ1n) is 3.29. The minimum absolute atomic E-state index is 0.232. The first-order valence-corrected chi connectivity index (χ1v) is 3.29. The molecule has 0 unspecified atom stereocenters. The van der Waals surface area contributed by atoms with Crippen molar-refractivity contribution in [1.82, 2.24) is 4.98 Å². The van der Waals surface area contributed by atoms with E-state index in [9.17, 15) is 4.39 Å². The Balaban J connectivity index is 2.91. The smallest absolute Gasteiger partial charge is 0.132 e. The van der Waals surface area contributed by atoms with E-state index < -0.39 is 0 Å². The molecule has 2 heteroatoms. The number of hydrogen-bond acceptors (Lipinski definition) is 1. The Bertz CT molecular complexity index is 379. The van der Waals surface area contributed by atoms with Gasteiger partial charge in [-0.2, -0.15) is 0 Å². The highest BCUT2D eigenvalue weighted by Gasteiger charge is 1.97. The Morgan fingerprint density at radius 2 is 2.18 bits per heavy atom. The van der Waals surface area contributed by atoms with Gasteiger partial charge in [0.15, 0.2) is 0 Å². The summed E-state index contributed by atoms with van der Waals surface area (Å²) in [7, 11) is 0. The number of hydrogen-bond donors (Lipinski definition) is 0. The SMILES string of the molecule is Fc1cccc2n[c]ccc12. The third kappa shape index (κ3) is 0.963. The van der Waals surface area contributed by atoms with Crippen molar-refractivity contribution in [2.24, 2.45) is 0 Å². The van der Waals surface area contributed by atoms with Crippen LogP contribution in [0.1, 0.15) is 0 Å². The number of benzene rings is 1. The van der Waals surface area contributed by atoms with Crippen molar-refractivity contribution in [2.75, 3.05) is 0 Å². The highest BCUT2D eigenvalue weighted by atomic mass is 19.1. The van der Waals surface area contributed by atoms with Crippen LogP contribution in [0.25, 0.3) is 10.9 Å². The van der Waals surface area contributed by atoms with Crippen molar-refractivity contribution in [3.05, 3.63) is 42.3 Å². The largest absolute Gasteiger partial charge is 0.246 e. The summed E-state index contributed by atoms with van der Waals surface area (Å²) in [6.07, 6.45) is 2.65. The molecule has 0 N–H and O–H groups in total. The van der Waals surface area contributed by atoms with Gasteiger partial charge in [-0.15, -0.1) is 0 Å². The van der Waals surface area contributed by atoms with E-state index in [0.29, 0.717) is 10.9 Å². The average Bonchev–Trinajstić information content (AvgIpc) is 2.06. The molecule has 1 heterocycles. The van der Waals surface area contributed by atoms with Crippen LogP contribution >= 0.6 is 0 Å². The Labute approximate surface area is 63.5 Å². The van der Waals surface area contributed by atoms with Gasteiger partial charge in [-0.25, -0.2) is 9.37 Å². The first kappa shape index (κ1) is 6.28. The van der Waals surface area contributed by atoms with Crippen LogP contribution in [0.2, 0.25) is 0 Å². The highest BCUT2D eigenvalue weighted by molar-refractivity contribution is 5.78. The Kier molecular flexibility index (Phi) is 1.32. The van der Waals surface area contributed by atoms with Crippen LogP contribution in [-0.2, 0) is 0 Å². The van der Waals surface area contributed by atoms with Crippen LogP contribution in [0.4, 0.5) is 4.39 Å². The molecule has 1 nitrogen and oxygen atoms in total. The maximum absolute atomic E-state index is 12.9. The lowest BCUT2D eigenvalue weighted by molar-refractivity contribution is 0.639. The standard InChI is InChI=1S/C9H5FN/c10-8-4-1-5-9-7(8)3-2-6-11-9/h1-5H. The molecule has 0 amide bonds. The van der Waals surface area contributed by atoms with Gasteiger partial charge in [0.1, 0.15) is 5.82 Å². The summed E-state index contributed by atoms with van der Waals surface area (Å²) < 4.78 is 12.9. The van der Waals surface area contributed by atoms with Crippen molar-refractivity contribution in [2.45, 2.75) is 0 Å². The molecule has 0 aliphatic carbocycles. The highest BCUT2D eigenvalue weighted by Crippen LogP contribution is 2.13. The molecule has 0 aliphatic heterocycles. The number of pyridine rings is 1. The predicted octanol–water partition coefficient (Wildman–Crippen LogP) is 2.17. The molecule has 1 radical (unpaired) electrons. The maximum atomic E-state index is 12.9. The second kappa shape index (κ2) is 2.31. The van der Waals surface area contributed by atoms with E-state index in [2.05, 4.69) is 11.2 Å². The molecule has 0 saturated carbocycles. The van der Waals surface area contributed by atoms with E-state index in [1.54, 1.807) is 24.3 Å². The van der Waals surface area contributed by atoms with Crippen LogP contribution in [-0.4, -0.2) is 4.98 Å². The van der Waals surface area contributed by atoms with Crippen LogP contribution in [0.3, 0.4) is 0 Å². The van der Waals surface area contributed by atoms with Crippen molar-refractivity contribution < 1.29 is 4.39 Å². The van der Waals surface area contributed by atoms with Gasteiger partial charge in [-0.3, -0.25) is 0 Å². The summed E-state index contributed by atoms with van der Waals surface area (Å²) >= 11 is 0. The molecular weight excluding hydrogens is 141 g/mol. The van der Waals surface area contributed by atoms with Gasteiger partial charge in [0.2, 0.25) is 0 Å². The molecule has 1 aromatic carbocycles. The minimum Gasteiger partial charge on any atom is -0.246 e. The zero-order chi connectivity index (χ0) is 7.68. The molecule has 53 valence electrons. The van der Waals surface area contributed by atoms with Gasteiger partial charge in [0.25, 0.3) is 0 Å². The van der Waals surface area contributed by atoms with Gasteiger partial charge in [-0.1, -0.05) is 6.07 Å². The van der Waals surface area contributed by atoms with Gasteiger partial charge in [-0.05, 0) is 24.3 Å². The predicted molar refractivity (Wildman–Crippen MR) is 40.5 cm³/mol. The quantitative estimate of drug-likeness (QED) is 0.555. The fraction of sp³-hybridized carbons (Fsp3) is 0. The minimum atomic E-state index is -0.232. The molecule has 0 bridgehead atoms. The summed E-state index contributed by atoms with van der Waals surface area (Å²) in [6.45, 7) is 0. The average molecular weight is 146 g/mol. The van der Waals surface area contributed by atoms with E-state index in [4.69, 9.17) is 0 Å².